The first-order valence-electron chi connectivity index (χ1n) is 8.11. The second kappa shape index (κ2) is 8.18. The zero-order valence-corrected chi connectivity index (χ0v) is 14.5. The van der Waals surface area contributed by atoms with Crippen molar-refractivity contribution in [2.45, 2.75) is 6.61 Å². The minimum atomic E-state index is -0.597. The van der Waals surface area contributed by atoms with E-state index in [1.54, 1.807) is 36.4 Å². The van der Waals surface area contributed by atoms with Gasteiger partial charge in [-0.25, -0.2) is 4.39 Å². The van der Waals surface area contributed by atoms with E-state index in [1.807, 2.05) is 0 Å². The first kappa shape index (κ1) is 18.2. The van der Waals surface area contributed by atoms with Crippen LogP contribution in [0.5, 0.6) is 5.75 Å². The molecule has 0 aliphatic carbocycles. The van der Waals surface area contributed by atoms with E-state index in [0.717, 1.165) is 4.73 Å². The summed E-state index contributed by atoms with van der Waals surface area (Å²) in [6.07, 6.45) is 1.41. The monoisotopic (exact) mass is 368 g/mol. The van der Waals surface area contributed by atoms with Crippen LogP contribution in [0.25, 0.3) is 0 Å². The first-order valence-corrected chi connectivity index (χ1v) is 8.11. The normalized spacial score (nSPS) is 10.3. The zero-order chi connectivity index (χ0) is 19.2. The molecule has 27 heavy (non-hydrogen) atoms. The first-order chi connectivity index (χ1) is 13.1. The number of nitrogens with one attached hydrogen (secondary N) is 1. The number of ether oxygens (including phenoxy) is 1. The van der Waals surface area contributed by atoms with Gasteiger partial charge in [-0.15, -0.1) is 0 Å². The van der Waals surface area contributed by atoms with E-state index >= 15 is 0 Å². The minimum absolute atomic E-state index is 0.0567. The van der Waals surface area contributed by atoms with Crippen molar-refractivity contribution in [3.8, 4) is 5.75 Å². The largest absolute Gasteiger partial charge is 0.497 e. The van der Waals surface area contributed by atoms with Crippen LogP contribution >= 0.6 is 0 Å². The van der Waals surface area contributed by atoms with Crippen LogP contribution in [0.2, 0.25) is 0 Å². The molecule has 0 saturated carbocycles. The van der Waals surface area contributed by atoms with E-state index in [1.165, 1.54) is 37.6 Å². The molecule has 6 nitrogen and oxygen atoms in total. The third-order valence-electron chi connectivity index (χ3n) is 3.77. The fraction of sp³-hybridized carbons (Fsp3) is 0.100. The van der Waals surface area contributed by atoms with Crippen molar-refractivity contribution in [2.75, 3.05) is 12.4 Å². The van der Waals surface area contributed by atoms with Gasteiger partial charge in [0.1, 0.15) is 23.7 Å². The van der Waals surface area contributed by atoms with Gasteiger partial charge in [0.05, 0.1) is 7.11 Å². The lowest BCUT2D eigenvalue weighted by Crippen LogP contribution is -2.32. The number of benzene rings is 2. The number of carbonyl (C=O) groups excluding carboxylic acids is 1. The maximum atomic E-state index is 12.9. The number of amides is 1. The number of pyridine rings is 1. The Balaban J connectivity index is 1.74. The average Bonchev–Trinajstić information content (AvgIpc) is 2.68. The van der Waals surface area contributed by atoms with Crippen molar-refractivity contribution in [2.24, 2.45) is 0 Å². The molecule has 0 fully saturated rings. The molecule has 0 bridgehead atoms. The maximum Gasteiger partial charge on any atom is 0.295 e. The van der Waals surface area contributed by atoms with Crippen LogP contribution in [0.15, 0.2) is 71.7 Å². The smallest absolute Gasteiger partial charge is 0.295 e. The molecule has 3 aromatic rings. The quantitative estimate of drug-likeness (QED) is 0.726. The van der Waals surface area contributed by atoms with Gasteiger partial charge >= 0.3 is 0 Å². The fourth-order valence-electron chi connectivity index (χ4n) is 2.37. The number of nitrogens with zero attached hydrogens (tertiary/aromatic N) is 1. The Kier molecular flexibility index (Phi) is 5.51. The maximum absolute atomic E-state index is 12.9. The van der Waals surface area contributed by atoms with Gasteiger partial charge in [-0.1, -0.05) is 18.2 Å². The summed E-state index contributed by atoms with van der Waals surface area (Å²) in [4.78, 5) is 30.3. The van der Waals surface area contributed by atoms with Crippen LogP contribution in [0.1, 0.15) is 15.9 Å². The van der Waals surface area contributed by atoms with Gasteiger partial charge in [-0.3, -0.25) is 9.59 Å². The lowest BCUT2D eigenvalue weighted by atomic mass is 10.2. The van der Waals surface area contributed by atoms with E-state index < -0.39 is 11.5 Å². The van der Waals surface area contributed by atoms with Gasteiger partial charge in [0.2, 0.25) is 0 Å². The van der Waals surface area contributed by atoms with Crippen LogP contribution in [0.4, 0.5) is 10.1 Å². The second-order valence-corrected chi connectivity index (χ2v) is 5.64. The Morgan fingerprint density at radius 1 is 1.11 bits per heavy atom. The van der Waals surface area contributed by atoms with Gasteiger partial charge in [0.25, 0.3) is 11.5 Å². The van der Waals surface area contributed by atoms with E-state index in [0.29, 0.717) is 17.0 Å². The molecule has 7 heteroatoms. The lowest BCUT2D eigenvalue weighted by molar-refractivity contribution is 0.0863. The van der Waals surface area contributed by atoms with E-state index in [-0.39, 0.29) is 18.0 Å². The van der Waals surface area contributed by atoms with E-state index in [4.69, 9.17) is 9.57 Å². The van der Waals surface area contributed by atoms with E-state index in [2.05, 4.69) is 5.32 Å². The molecule has 0 unspecified atom stereocenters. The summed E-state index contributed by atoms with van der Waals surface area (Å²) in [6.45, 7) is 0.0567. The van der Waals surface area contributed by atoms with Crippen LogP contribution in [0, 0.1) is 5.82 Å². The number of hydrogen-bond donors (Lipinski definition) is 1. The number of methoxy groups -OCH3 is 1. The highest BCUT2D eigenvalue weighted by atomic mass is 19.1. The van der Waals surface area contributed by atoms with Gasteiger partial charge in [-0.05, 0) is 42.0 Å². The Hall–Kier alpha value is -3.61. The number of halogens is 1. The Bertz CT molecular complexity index is 999. The molecule has 3 rings (SSSR count). The molecule has 2 aromatic carbocycles. The van der Waals surface area contributed by atoms with Crippen molar-refractivity contribution in [1.29, 1.82) is 0 Å². The highest BCUT2D eigenvalue weighted by molar-refractivity contribution is 6.04. The Morgan fingerprint density at radius 2 is 1.89 bits per heavy atom. The standard InChI is InChI=1S/C20H17FN2O4/c1-26-17-5-2-4-16(12-17)22-19(24)18-6-3-11-23(20(18)25)27-13-14-7-9-15(21)10-8-14/h2-12H,13H2,1H3,(H,22,24). The van der Waals surface area contributed by atoms with Gasteiger partial charge < -0.3 is 14.9 Å². The number of aromatic nitrogens is 1. The minimum Gasteiger partial charge on any atom is -0.497 e. The predicted molar refractivity (Wildman–Crippen MR) is 98.3 cm³/mol. The SMILES string of the molecule is COc1cccc(NC(=O)c2cccn(OCc3ccc(F)cc3)c2=O)c1. The molecule has 0 aliphatic rings. The fourth-order valence-corrected chi connectivity index (χ4v) is 2.37. The Labute approximate surface area is 154 Å². The van der Waals surface area contributed by atoms with Crippen molar-refractivity contribution >= 4 is 11.6 Å². The molecule has 1 heterocycles. The summed E-state index contributed by atoms with van der Waals surface area (Å²) < 4.78 is 19.0. The molecule has 0 saturated heterocycles. The molecule has 0 radical (unpaired) electrons. The summed E-state index contributed by atoms with van der Waals surface area (Å²) >= 11 is 0. The second-order valence-electron chi connectivity index (χ2n) is 5.64. The molecule has 0 atom stereocenters. The van der Waals surface area contributed by atoms with Crippen molar-refractivity contribution in [3.63, 3.8) is 0 Å². The lowest BCUT2D eigenvalue weighted by Gasteiger charge is -2.10. The zero-order valence-electron chi connectivity index (χ0n) is 14.5. The van der Waals surface area contributed by atoms with Crippen molar-refractivity contribution in [1.82, 2.24) is 4.73 Å². The molecular formula is C20H17FN2O4. The van der Waals surface area contributed by atoms with Gasteiger partial charge in [0, 0.05) is 18.0 Å². The summed E-state index contributed by atoms with van der Waals surface area (Å²) in [7, 11) is 1.52. The summed E-state index contributed by atoms with van der Waals surface area (Å²) in [5, 5.41) is 2.65. The van der Waals surface area contributed by atoms with Gasteiger partial charge in [0.15, 0.2) is 0 Å². The van der Waals surface area contributed by atoms with E-state index in [9.17, 15) is 14.0 Å². The van der Waals surface area contributed by atoms with Crippen LogP contribution in [-0.2, 0) is 6.61 Å². The van der Waals surface area contributed by atoms with Crippen molar-refractivity contribution < 1.29 is 18.8 Å². The number of rotatable bonds is 6. The molecule has 0 spiro atoms. The third-order valence-corrected chi connectivity index (χ3v) is 3.77. The van der Waals surface area contributed by atoms with Crippen molar-refractivity contribution in [3.05, 3.63) is 94.2 Å². The molecule has 0 aliphatic heterocycles. The predicted octanol–water partition coefficient (Wildman–Crippen LogP) is 2.88. The average molecular weight is 368 g/mol. The Morgan fingerprint density at radius 3 is 2.63 bits per heavy atom. The molecule has 1 N–H and O–H groups in total. The highest BCUT2D eigenvalue weighted by Gasteiger charge is 2.13. The molecule has 1 amide bonds. The summed E-state index contributed by atoms with van der Waals surface area (Å²) in [5.74, 6) is -0.332. The number of hydrogen-bond acceptors (Lipinski definition) is 4. The van der Waals surface area contributed by atoms with Crippen LogP contribution in [-0.4, -0.2) is 17.7 Å². The molecule has 138 valence electrons. The highest BCUT2D eigenvalue weighted by Crippen LogP contribution is 2.17. The third kappa shape index (κ3) is 4.52. The number of carbonyl (C=O) groups is 1. The summed E-state index contributed by atoms with van der Waals surface area (Å²) in [6, 6.07) is 15.5. The van der Waals surface area contributed by atoms with Gasteiger partial charge in [-0.2, -0.15) is 4.73 Å². The molecule has 1 aromatic heterocycles. The summed E-state index contributed by atoms with van der Waals surface area (Å²) in [5.41, 5.74) is 0.523. The topological polar surface area (TPSA) is 69.6 Å². The van der Waals surface area contributed by atoms with Crippen LogP contribution < -0.4 is 20.5 Å². The molecular weight excluding hydrogens is 351 g/mol. The van der Waals surface area contributed by atoms with Crippen LogP contribution in [0.3, 0.4) is 0 Å². The number of anilines is 1.